The van der Waals surface area contributed by atoms with Gasteiger partial charge in [0, 0.05) is 19.1 Å². The Hall–Kier alpha value is -1.42. The Balaban J connectivity index is 1.78. The van der Waals surface area contributed by atoms with Crippen LogP contribution in [0.3, 0.4) is 0 Å². The zero-order chi connectivity index (χ0) is 15.1. The number of hydrogen-bond donors (Lipinski definition) is 1. The average molecular weight is 307 g/mol. The topological polar surface area (TPSA) is 73.2 Å². The Morgan fingerprint density at radius 1 is 1.24 bits per heavy atom. The number of nitrogens with zero attached hydrogens (tertiary/aromatic N) is 2. The van der Waals surface area contributed by atoms with Crippen LogP contribution in [0.1, 0.15) is 18.4 Å². The Kier molecular flexibility index (Phi) is 5.74. The summed E-state index contributed by atoms with van der Waals surface area (Å²) in [5, 5.41) is 8.65. The lowest BCUT2D eigenvalue weighted by Crippen LogP contribution is -2.45. The van der Waals surface area contributed by atoms with Crippen molar-refractivity contribution in [2.24, 2.45) is 0 Å². The number of nitriles is 1. The monoisotopic (exact) mass is 307 g/mol. The van der Waals surface area contributed by atoms with E-state index in [0.29, 0.717) is 13.0 Å². The number of aryl methyl sites for hydroxylation is 1. The normalized spacial score (nSPS) is 17.5. The van der Waals surface area contributed by atoms with Crippen molar-refractivity contribution in [3.63, 3.8) is 0 Å². The van der Waals surface area contributed by atoms with Gasteiger partial charge in [-0.3, -0.25) is 4.90 Å². The first-order valence-electron chi connectivity index (χ1n) is 7.22. The summed E-state index contributed by atoms with van der Waals surface area (Å²) in [5.41, 5.74) is 1.03. The van der Waals surface area contributed by atoms with Crippen molar-refractivity contribution < 1.29 is 8.42 Å². The average Bonchev–Trinajstić information content (AvgIpc) is 2.48. The third kappa shape index (κ3) is 5.46. The van der Waals surface area contributed by atoms with Gasteiger partial charge in [-0.1, -0.05) is 30.3 Å². The van der Waals surface area contributed by atoms with E-state index in [1.165, 1.54) is 0 Å². The van der Waals surface area contributed by atoms with Crippen LogP contribution in [0.25, 0.3) is 0 Å². The van der Waals surface area contributed by atoms with Crippen LogP contribution in [0.2, 0.25) is 0 Å². The molecule has 2 rings (SSSR count). The lowest BCUT2D eigenvalue weighted by Gasteiger charge is -2.30. The van der Waals surface area contributed by atoms with Gasteiger partial charge in [-0.25, -0.2) is 13.1 Å². The molecule has 0 aliphatic carbocycles. The molecule has 21 heavy (non-hydrogen) atoms. The van der Waals surface area contributed by atoms with E-state index < -0.39 is 10.0 Å². The molecule has 0 amide bonds. The number of sulfonamides is 1. The maximum atomic E-state index is 12.1. The highest BCUT2D eigenvalue weighted by Gasteiger charge is 2.23. The second-order valence-corrected chi connectivity index (χ2v) is 7.25. The maximum Gasteiger partial charge on any atom is 0.212 e. The Morgan fingerprint density at radius 3 is 2.52 bits per heavy atom. The number of likely N-dealkylation sites (tertiary alicyclic amines) is 1. The Labute approximate surface area is 126 Å². The molecule has 5 nitrogen and oxygen atoms in total. The lowest BCUT2D eigenvalue weighted by atomic mass is 10.1. The molecule has 1 fully saturated rings. The van der Waals surface area contributed by atoms with Crippen molar-refractivity contribution in [3.8, 4) is 6.07 Å². The molecule has 6 heteroatoms. The summed E-state index contributed by atoms with van der Waals surface area (Å²) in [4.78, 5) is 2.05. The van der Waals surface area contributed by atoms with Crippen molar-refractivity contribution in [3.05, 3.63) is 35.9 Å². The summed E-state index contributed by atoms with van der Waals surface area (Å²) in [6, 6.07) is 11.8. The molecule has 0 bridgehead atoms. The Bertz CT molecular complexity index is 573. The van der Waals surface area contributed by atoms with Crippen LogP contribution < -0.4 is 4.72 Å². The fourth-order valence-electron chi connectivity index (χ4n) is 2.52. The molecule has 0 unspecified atom stereocenters. The number of hydrogen-bond acceptors (Lipinski definition) is 4. The number of nitrogens with one attached hydrogen (secondary N) is 1. The number of benzene rings is 1. The van der Waals surface area contributed by atoms with E-state index in [4.69, 9.17) is 5.26 Å². The first-order chi connectivity index (χ1) is 10.1. The standard InChI is InChI=1S/C15H21N3O2S/c16-9-12-18-10-6-15(7-11-18)17-21(19,20)13-8-14-4-2-1-3-5-14/h1-5,15,17H,6-8,10-13H2. The first-order valence-corrected chi connectivity index (χ1v) is 8.87. The van der Waals surface area contributed by atoms with Crippen LogP contribution >= 0.6 is 0 Å². The third-order valence-electron chi connectivity index (χ3n) is 3.73. The van der Waals surface area contributed by atoms with Crippen molar-refractivity contribution in [1.29, 1.82) is 5.26 Å². The number of rotatable bonds is 6. The van der Waals surface area contributed by atoms with Crippen molar-refractivity contribution >= 4 is 10.0 Å². The highest BCUT2D eigenvalue weighted by atomic mass is 32.2. The molecule has 0 saturated carbocycles. The van der Waals surface area contributed by atoms with Gasteiger partial charge in [-0.2, -0.15) is 5.26 Å². The maximum absolute atomic E-state index is 12.1. The molecule has 0 radical (unpaired) electrons. The molecule has 1 aliphatic rings. The molecule has 0 atom stereocenters. The predicted molar refractivity (Wildman–Crippen MR) is 82.1 cm³/mol. The fraction of sp³-hybridized carbons (Fsp3) is 0.533. The smallest absolute Gasteiger partial charge is 0.212 e. The SMILES string of the molecule is N#CCN1CCC(NS(=O)(=O)CCc2ccccc2)CC1. The van der Waals surface area contributed by atoms with Crippen LogP contribution in [0.15, 0.2) is 30.3 Å². The molecule has 1 aromatic rings. The summed E-state index contributed by atoms with van der Waals surface area (Å²) >= 11 is 0. The minimum atomic E-state index is -3.24. The summed E-state index contributed by atoms with van der Waals surface area (Å²) in [5.74, 6) is 0.120. The predicted octanol–water partition coefficient (Wildman–Crippen LogP) is 1.14. The molecule has 1 aliphatic heterocycles. The molecular weight excluding hydrogens is 286 g/mol. The summed E-state index contributed by atoms with van der Waals surface area (Å²) in [6.45, 7) is 1.98. The van der Waals surface area contributed by atoms with Gasteiger partial charge in [0.25, 0.3) is 0 Å². The quantitative estimate of drug-likeness (QED) is 0.800. The second kappa shape index (κ2) is 7.55. The second-order valence-electron chi connectivity index (χ2n) is 5.38. The molecule has 0 aromatic heterocycles. The highest BCUT2D eigenvalue weighted by Crippen LogP contribution is 2.11. The minimum Gasteiger partial charge on any atom is -0.290 e. The molecule has 1 saturated heterocycles. The highest BCUT2D eigenvalue weighted by molar-refractivity contribution is 7.89. The van der Waals surface area contributed by atoms with Gasteiger partial charge in [-0.15, -0.1) is 0 Å². The zero-order valence-electron chi connectivity index (χ0n) is 12.0. The van der Waals surface area contributed by atoms with Crippen molar-refractivity contribution in [2.75, 3.05) is 25.4 Å². The van der Waals surface area contributed by atoms with Crippen LogP contribution in [0.5, 0.6) is 0 Å². The van der Waals surface area contributed by atoms with E-state index in [2.05, 4.69) is 15.7 Å². The van der Waals surface area contributed by atoms with Gasteiger partial charge in [0.1, 0.15) is 0 Å². The first kappa shape index (κ1) is 16.0. The lowest BCUT2D eigenvalue weighted by molar-refractivity contribution is 0.229. The van der Waals surface area contributed by atoms with Crippen molar-refractivity contribution in [2.45, 2.75) is 25.3 Å². The van der Waals surface area contributed by atoms with Gasteiger partial charge in [0.05, 0.1) is 18.4 Å². The van der Waals surface area contributed by atoms with Gasteiger partial charge >= 0.3 is 0 Å². The fourth-order valence-corrected chi connectivity index (χ4v) is 3.88. The van der Waals surface area contributed by atoms with E-state index >= 15 is 0 Å². The largest absolute Gasteiger partial charge is 0.290 e. The Morgan fingerprint density at radius 2 is 1.90 bits per heavy atom. The zero-order valence-corrected chi connectivity index (χ0v) is 12.8. The van der Waals surface area contributed by atoms with E-state index in [1.807, 2.05) is 30.3 Å². The van der Waals surface area contributed by atoms with Crippen LogP contribution in [-0.2, 0) is 16.4 Å². The third-order valence-corrected chi connectivity index (χ3v) is 5.16. The van der Waals surface area contributed by atoms with Gasteiger partial charge in [0.2, 0.25) is 10.0 Å². The van der Waals surface area contributed by atoms with E-state index in [1.54, 1.807) is 0 Å². The number of piperidine rings is 1. The summed E-state index contributed by atoms with van der Waals surface area (Å²) < 4.78 is 27.0. The molecule has 0 spiro atoms. The van der Waals surface area contributed by atoms with Crippen LogP contribution in [0, 0.1) is 11.3 Å². The van der Waals surface area contributed by atoms with Crippen LogP contribution in [-0.4, -0.2) is 44.7 Å². The van der Waals surface area contributed by atoms with Crippen molar-refractivity contribution in [1.82, 2.24) is 9.62 Å². The van der Waals surface area contributed by atoms with Gasteiger partial charge in [-0.05, 0) is 24.8 Å². The van der Waals surface area contributed by atoms with E-state index in [-0.39, 0.29) is 11.8 Å². The van der Waals surface area contributed by atoms with Gasteiger partial charge < -0.3 is 0 Å². The van der Waals surface area contributed by atoms with E-state index in [9.17, 15) is 8.42 Å². The minimum absolute atomic E-state index is 0.000663. The molecule has 1 heterocycles. The van der Waals surface area contributed by atoms with E-state index in [0.717, 1.165) is 31.5 Å². The molecule has 1 aromatic carbocycles. The molecule has 1 N–H and O–H groups in total. The van der Waals surface area contributed by atoms with Crippen LogP contribution in [0.4, 0.5) is 0 Å². The summed E-state index contributed by atoms with van der Waals surface area (Å²) in [6.07, 6.45) is 2.07. The van der Waals surface area contributed by atoms with Gasteiger partial charge in [0.15, 0.2) is 0 Å². The summed E-state index contributed by atoms with van der Waals surface area (Å²) in [7, 11) is -3.24. The molecular formula is C15H21N3O2S. The molecule has 114 valence electrons.